The summed E-state index contributed by atoms with van der Waals surface area (Å²) >= 11 is 5.72. The minimum absolute atomic E-state index is 0.0211. The van der Waals surface area contributed by atoms with Gasteiger partial charge in [-0.1, -0.05) is 16.8 Å². The number of halogens is 2. The molecule has 1 atom stereocenters. The van der Waals surface area contributed by atoms with Crippen molar-refractivity contribution in [3.05, 3.63) is 34.9 Å². The van der Waals surface area contributed by atoms with E-state index >= 15 is 0 Å². The van der Waals surface area contributed by atoms with Crippen LogP contribution >= 0.6 is 11.6 Å². The van der Waals surface area contributed by atoms with E-state index in [9.17, 15) is 4.39 Å². The molecule has 5 nitrogen and oxygen atoms in total. The van der Waals surface area contributed by atoms with Crippen LogP contribution in [0, 0.1) is 5.82 Å². The van der Waals surface area contributed by atoms with Crippen molar-refractivity contribution in [2.75, 3.05) is 19.7 Å². The van der Waals surface area contributed by atoms with Crippen molar-refractivity contribution >= 4 is 11.6 Å². The summed E-state index contributed by atoms with van der Waals surface area (Å²) in [5.74, 6) is 0.290. The highest BCUT2D eigenvalue weighted by molar-refractivity contribution is 6.31. The molecule has 1 aliphatic heterocycles. The van der Waals surface area contributed by atoms with Crippen molar-refractivity contribution in [1.82, 2.24) is 15.5 Å². The second-order valence-electron chi connectivity index (χ2n) is 4.15. The molecule has 0 amide bonds. The van der Waals surface area contributed by atoms with Crippen LogP contribution in [0.5, 0.6) is 0 Å². The molecule has 0 radical (unpaired) electrons. The Morgan fingerprint density at radius 1 is 1.42 bits per heavy atom. The van der Waals surface area contributed by atoms with E-state index in [1.807, 2.05) is 0 Å². The Kier molecular flexibility index (Phi) is 3.46. The third-order valence-electron chi connectivity index (χ3n) is 2.82. The predicted octanol–water partition coefficient (Wildman–Crippen LogP) is 2.19. The number of hydrogen-bond acceptors (Lipinski definition) is 5. The van der Waals surface area contributed by atoms with Gasteiger partial charge in [0.15, 0.2) is 0 Å². The highest BCUT2D eigenvalue weighted by Crippen LogP contribution is 2.25. The molecule has 19 heavy (non-hydrogen) atoms. The maximum atomic E-state index is 13.1. The topological polar surface area (TPSA) is 60.2 Å². The molecule has 1 N–H and O–H groups in total. The molecular formula is C12H11ClFN3O2. The third-order valence-corrected chi connectivity index (χ3v) is 3.11. The first-order valence-electron chi connectivity index (χ1n) is 5.85. The smallest absolute Gasteiger partial charge is 0.258 e. The van der Waals surface area contributed by atoms with Gasteiger partial charge in [-0.25, -0.2) is 4.39 Å². The van der Waals surface area contributed by atoms with Crippen LogP contribution in [0.1, 0.15) is 11.9 Å². The predicted molar refractivity (Wildman–Crippen MR) is 66.3 cm³/mol. The van der Waals surface area contributed by atoms with Crippen LogP contribution in [0.2, 0.25) is 5.02 Å². The van der Waals surface area contributed by atoms with Crippen molar-refractivity contribution in [1.29, 1.82) is 0 Å². The van der Waals surface area contributed by atoms with Gasteiger partial charge in [0, 0.05) is 18.7 Å². The normalized spacial score (nSPS) is 19.6. The van der Waals surface area contributed by atoms with Gasteiger partial charge in [0.1, 0.15) is 11.9 Å². The monoisotopic (exact) mass is 283 g/mol. The lowest BCUT2D eigenvalue weighted by atomic mass is 10.2. The maximum Gasteiger partial charge on any atom is 0.258 e. The second-order valence-corrected chi connectivity index (χ2v) is 4.56. The van der Waals surface area contributed by atoms with Crippen molar-refractivity contribution in [3.8, 4) is 11.5 Å². The molecule has 1 saturated heterocycles. The highest BCUT2D eigenvalue weighted by Gasteiger charge is 2.22. The second kappa shape index (κ2) is 5.24. The van der Waals surface area contributed by atoms with Crippen molar-refractivity contribution in [3.63, 3.8) is 0 Å². The first kappa shape index (κ1) is 12.5. The zero-order valence-corrected chi connectivity index (χ0v) is 10.7. The van der Waals surface area contributed by atoms with E-state index in [1.165, 1.54) is 12.1 Å². The molecule has 7 heteroatoms. The lowest BCUT2D eigenvalue weighted by Gasteiger charge is -2.20. The van der Waals surface area contributed by atoms with Crippen molar-refractivity contribution < 1.29 is 13.7 Å². The Bertz CT molecular complexity index is 584. The van der Waals surface area contributed by atoms with Crippen LogP contribution in [0.3, 0.4) is 0 Å². The molecule has 0 saturated carbocycles. The first-order valence-corrected chi connectivity index (χ1v) is 6.23. The number of rotatable bonds is 2. The Hall–Kier alpha value is -1.50. The summed E-state index contributed by atoms with van der Waals surface area (Å²) in [5, 5.41) is 7.08. The SMILES string of the molecule is Fc1ccc(-c2nc(C3CNCCO3)no2)cc1Cl. The average Bonchev–Trinajstić information content (AvgIpc) is 2.93. The van der Waals surface area contributed by atoms with Crippen molar-refractivity contribution in [2.45, 2.75) is 6.10 Å². The lowest BCUT2D eigenvalue weighted by Crippen LogP contribution is -2.33. The minimum Gasteiger partial charge on any atom is -0.367 e. The zero-order valence-electron chi connectivity index (χ0n) is 9.90. The van der Waals surface area contributed by atoms with Gasteiger partial charge >= 0.3 is 0 Å². The molecule has 3 rings (SSSR count). The van der Waals surface area contributed by atoms with Gasteiger partial charge in [-0.2, -0.15) is 4.98 Å². The number of nitrogens with zero attached hydrogens (tertiary/aromatic N) is 2. The molecule has 1 fully saturated rings. The quantitative estimate of drug-likeness (QED) is 0.915. The number of hydrogen-bond donors (Lipinski definition) is 1. The summed E-state index contributed by atoms with van der Waals surface area (Å²) in [6.07, 6.45) is -0.220. The Morgan fingerprint density at radius 3 is 3.05 bits per heavy atom. The van der Waals surface area contributed by atoms with Gasteiger partial charge in [0.2, 0.25) is 5.82 Å². The fourth-order valence-electron chi connectivity index (χ4n) is 1.84. The number of morpholine rings is 1. The van der Waals surface area contributed by atoms with Crippen LogP contribution in [0.15, 0.2) is 22.7 Å². The molecule has 1 unspecified atom stereocenters. The molecule has 100 valence electrons. The summed E-state index contributed by atoms with van der Waals surface area (Å²) in [6.45, 7) is 2.06. The molecular weight excluding hydrogens is 273 g/mol. The van der Waals surface area contributed by atoms with Crippen LogP contribution in [-0.4, -0.2) is 29.8 Å². The Morgan fingerprint density at radius 2 is 2.32 bits per heavy atom. The number of nitrogens with one attached hydrogen (secondary N) is 1. The summed E-state index contributed by atoms with van der Waals surface area (Å²) in [4.78, 5) is 4.25. The van der Waals surface area contributed by atoms with E-state index in [1.54, 1.807) is 6.07 Å². The van der Waals surface area contributed by atoms with E-state index in [4.69, 9.17) is 20.9 Å². The summed E-state index contributed by atoms with van der Waals surface area (Å²) in [7, 11) is 0. The van der Waals surface area contributed by atoms with E-state index in [0.717, 1.165) is 6.54 Å². The number of ether oxygens (including phenoxy) is 1. The maximum absolute atomic E-state index is 13.1. The molecule has 2 heterocycles. The number of benzene rings is 1. The van der Waals surface area contributed by atoms with Crippen molar-refractivity contribution in [2.24, 2.45) is 0 Å². The van der Waals surface area contributed by atoms with Crippen LogP contribution in [0.25, 0.3) is 11.5 Å². The zero-order chi connectivity index (χ0) is 13.2. The van der Waals surface area contributed by atoms with Gasteiger partial charge in [0.05, 0.1) is 11.6 Å². The molecule has 2 aromatic rings. The van der Waals surface area contributed by atoms with Gasteiger partial charge in [0.25, 0.3) is 5.89 Å². The Balaban J connectivity index is 1.85. The molecule has 1 aliphatic rings. The molecule has 0 aliphatic carbocycles. The van der Waals surface area contributed by atoms with E-state index in [2.05, 4.69) is 15.5 Å². The van der Waals surface area contributed by atoms with Gasteiger partial charge < -0.3 is 14.6 Å². The van der Waals surface area contributed by atoms with E-state index < -0.39 is 5.82 Å². The fourth-order valence-corrected chi connectivity index (χ4v) is 2.02. The van der Waals surface area contributed by atoms with Gasteiger partial charge in [-0.15, -0.1) is 0 Å². The lowest BCUT2D eigenvalue weighted by molar-refractivity contribution is 0.0208. The molecule has 0 spiro atoms. The van der Waals surface area contributed by atoms with Crippen LogP contribution in [-0.2, 0) is 4.74 Å². The third kappa shape index (κ3) is 2.60. The van der Waals surface area contributed by atoms with Crippen LogP contribution < -0.4 is 5.32 Å². The van der Waals surface area contributed by atoms with E-state index in [0.29, 0.717) is 30.4 Å². The molecule has 1 aromatic carbocycles. The number of aromatic nitrogens is 2. The standard InChI is InChI=1S/C12H11ClFN3O2/c13-8-5-7(1-2-9(8)14)12-16-11(17-19-12)10-6-15-3-4-18-10/h1-2,5,10,15H,3-4,6H2. The largest absolute Gasteiger partial charge is 0.367 e. The minimum atomic E-state index is -0.482. The fraction of sp³-hybridized carbons (Fsp3) is 0.333. The molecule has 0 bridgehead atoms. The summed E-state index contributed by atoms with van der Waals surface area (Å²) in [5.41, 5.74) is 0.578. The average molecular weight is 284 g/mol. The van der Waals surface area contributed by atoms with Crippen LogP contribution in [0.4, 0.5) is 4.39 Å². The molecule has 1 aromatic heterocycles. The van der Waals surface area contributed by atoms with Gasteiger partial charge in [-0.3, -0.25) is 0 Å². The highest BCUT2D eigenvalue weighted by atomic mass is 35.5. The Labute approximate surface area is 113 Å². The van der Waals surface area contributed by atoms with Gasteiger partial charge in [-0.05, 0) is 18.2 Å². The van der Waals surface area contributed by atoms with E-state index in [-0.39, 0.29) is 11.1 Å². The summed E-state index contributed by atoms with van der Waals surface area (Å²) in [6, 6.07) is 4.26. The first-order chi connectivity index (χ1) is 9.24. The summed E-state index contributed by atoms with van der Waals surface area (Å²) < 4.78 is 23.8.